The van der Waals surface area contributed by atoms with E-state index in [2.05, 4.69) is 9.80 Å². The molecular formula is C18H28N2O. The third-order valence-corrected chi connectivity index (χ3v) is 5.00. The predicted molar refractivity (Wildman–Crippen MR) is 86.3 cm³/mol. The molecule has 116 valence electrons. The topological polar surface area (TPSA) is 26.7 Å². The molecule has 2 atom stereocenters. The highest BCUT2D eigenvalue weighted by atomic mass is 16.3. The normalized spacial score (nSPS) is 26.6. The van der Waals surface area contributed by atoms with Crippen molar-refractivity contribution in [3.05, 3.63) is 35.9 Å². The van der Waals surface area contributed by atoms with Crippen LogP contribution in [0.2, 0.25) is 0 Å². The fourth-order valence-electron chi connectivity index (χ4n) is 3.80. The molecule has 3 rings (SSSR count). The van der Waals surface area contributed by atoms with Crippen LogP contribution >= 0.6 is 0 Å². The fourth-order valence-corrected chi connectivity index (χ4v) is 3.80. The summed E-state index contributed by atoms with van der Waals surface area (Å²) in [5.74, 6) is 0. The molecular weight excluding hydrogens is 260 g/mol. The summed E-state index contributed by atoms with van der Waals surface area (Å²) in [6.45, 7) is 5.59. The van der Waals surface area contributed by atoms with E-state index in [0.29, 0.717) is 6.04 Å². The van der Waals surface area contributed by atoms with E-state index in [1.807, 2.05) is 30.3 Å². The van der Waals surface area contributed by atoms with Gasteiger partial charge in [-0.25, -0.2) is 0 Å². The first-order chi connectivity index (χ1) is 10.3. The molecule has 0 aromatic heterocycles. The molecule has 2 saturated heterocycles. The lowest BCUT2D eigenvalue weighted by Crippen LogP contribution is -2.50. The number of nitrogens with zero attached hydrogens (tertiary/aromatic N) is 2. The lowest BCUT2D eigenvalue weighted by atomic mass is 10.00. The van der Waals surface area contributed by atoms with Gasteiger partial charge in [0, 0.05) is 19.1 Å². The molecule has 1 aromatic carbocycles. The SMILES string of the molecule is O[C@H](CN1CCC[C@@H](N2CCCCC2)C1)c1ccccc1. The van der Waals surface area contributed by atoms with Crippen molar-refractivity contribution in [1.29, 1.82) is 0 Å². The molecule has 2 heterocycles. The third-order valence-electron chi connectivity index (χ3n) is 5.00. The molecule has 21 heavy (non-hydrogen) atoms. The summed E-state index contributed by atoms with van der Waals surface area (Å²) in [6.07, 6.45) is 6.37. The van der Waals surface area contributed by atoms with Crippen molar-refractivity contribution in [3.8, 4) is 0 Å². The Labute approximate surface area is 128 Å². The van der Waals surface area contributed by atoms with E-state index in [1.165, 1.54) is 45.2 Å². The quantitative estimate of drug-likeness (QED) is 0.923. The molecule has 0 aliphatic carbocycles. The van der Waals surface area contributed by atoms with E-state index in [4.69, 9.17) is 0 Å². The zero-order valence-electron chi connectivity index (χ0n) is 13.0. The van der Waals surface area contributed by atoms with Crippen molar-refractivity contribution < 1.29 is 5.11 Å². The summed E-state index contributed by atoms with van der Waals surface area (Å²) in [5, 5.41) is 10.4. The molecule has 2 aliphatic heterocycles. The van der Waals surface area contributed by atoms with Gasteiger partial charge in [-0.1, -0.05) is 36.8 Å². The first kappa shape index (κ1) is 15.0. The standard InChI is InChI=1S/C18H28N2O/c21-18(16-8-3-1-4-9-16)15-19-11-7-10-17(14-19)20-12-5-2-6-13-20/h1,3-4,8-9,17-18,21H,2,5-7,10-15H2/t17-,18-/m1/s1. The van der Waals surface area contributed by atoms with Crippen molar-refractivity contribution in [2.75, 3.05) is 32.7 Å². The Hall–Kier alpha value is -0.900. The number of benzene rings is 1. The van der Waals surface area contributed by atoms with E-state index in [1.54, 1.807) is 0 Å². The van der Waals surface area contributed by atoms with Crippen molar-refractivity contribution in [2.45, 2.75) is 44.2 Å². The summed E-state index contributed by atoms with van der Waals surface area (Å²) < 4.78 is 0. The highest BCUT2D eigenvalue weighted by Gasteiger charge is 2.27. The summed E-state index contributed by atoms with van der Waals surface area (Å²) in [5.41, 5.74) is 1.04. The van der Waals surface area contributed by atoms with Crippen LogP contribution in [0.5, 0.6) is 0 Å². The van der Waals surface area contributed by atoms with Gasteiger partial charge in [0.2, 0.25) is 0 Å². The predicted octanol–water partition coefficient (Wildman–Crippen LogP) is 2.67. The number of rotatable bonds is 4. The van der Waals surface area contributed by atoms with Gasteiger partial charge >= 0.3 is 0 Å². The number of piperidine rings is 2. The molecule has 2 aliphatic rings. The highest BCUT2D eigenvalue weighted by Crippen LogP contribution is 2.22. The van der Waals surface area contributed by atoms with Gasteiger partial charge < -0.3 is 5.11 Å². The Bertz CT molecular complexity index is 416. The molecule has 0 spiro atoms. The number of hydrogen-bond acceptors (Lipinski definition) is 3. The van der Waals surface area contributed by atoms with Crippen LogP contribution < -0.4 is 0 Å². The van der Waals surface area contributed by atoms with Crippen molar-refractivity contribution in [1.82, 2.24) is 9.80 Å². The average Bonchev–Trinajstić information content (AvgIpc) is 2.57. The lowest BCUT2D eigenvalue weighted by Gasteiger charge is -2.41. The highest BCUT2D eigenvalue weighted by molar-refractivity contribution is 5.17. The second-order valence-corrected chi connectivity index (χ2v) is 6.58. The second-order valence-electron chi connectivity index (χ2n) is 6.58. The summed E-state index contributed by atoms with van der Waals surface area (Å²) in [4.78, 5) is 5.14. The molecule has 1 N–H and O–H groups in total. The minimum Gasteiger partial charge on any atom is -0.387 e. The van der Waals surface area contributed by atoms with Crippen LogP contribution in [-0.4, -0.2) is 53.7 Å². The Morgan fingerprint density at radius 3 is 2.52 bits per heavy atom. The second kappa shape index (κ2) is 7.39. The summed E-state index contributed by atoms with van der Waals surface area (Å²) >= 11 is 0. The number of aliphatic hydroxyl groups excluding tert-OH is 1. The number of aliphatic hydroxyl groups is 1. The van der Waals surface area contributed by atoms with Crippen LogP contribution in [0.1, 0.15) is 43.8 Å². The van der Waals surface area contributed by atoms with Gasteiger partial charge in [-0.15, -0.1) is 0 Å². The molecule has 0 bridgehead atoms. The molecule has 0 amide bonds. The molecule has 3 nitrogen and oxygen atoms in total. The third kappa shape index (κ3) is 4.06. The van der Waals surface area contributed by atoms with Gasteiger partial charge in [0.25, 0.3) is 0 Å². The van der Waals surface area contributed by atoms with Gasteiger partial charge in [0.05, 0.1) is 6.10 Å². The Morgan fingerprint density at radius 2 is 1.76 bits per heavy atom. The number of hydrogen-bond donors (Lipinski definition) is 1. The maximum Gasteiger partial charge on any atom is 0.0916 e. The van der Waals surface area contributed by atoms with Crippen LogP contribution in [-0.2, 0) is 0 Å². The summed E-state index contributed by atoms with van der Waals surface area (Å²) in [7, 11) is 0. The maximum absolute atomic E-state index is 10.4. The van der Waals surface area contributed by atoms with Gasteiger partial charge in [-0.2, -0.15) is 0 Å². The van der Waals surface area contributed by atoms with Crippen molar-refractivity contribution in [3.63, 3.8) is 0 Å². The van der Waals surface area contributed by atoms with E-state index < -0.39 is 0 Å². The zero-order valence-corrected chi connectivity index (χ0v) is 13.0. The minimum atomic E-state index is -0.355. The number of likely N-dealkylation sites (tertiary alicyclic amines) is 2. The van der Waals surface area contributed by atoms with E-state index in [-0.39, 0.29) is 6.10 Å². The average molecular weight is 288 g/mol. The molecule has 2 fully saturated rings. The van der Waals surface area contributed by atoms with Gasteiger partial charge in [-0.3, -0.25) is 9.80 Å². The van der Waals surface area contributed by atoms with Crippen molar-refractivity contribution in [2.24, 2.45) is 0 Å². The monoisotopic (exact) mass is 288 g/mol. The molecule has 0 saturated carbocycles. The van der Waals surface area contributed by atoms with Gasteiger partial charge in [0.15, 0.2) is 0 Å². The molecule has 3 heteroatoms. The van der Waals surface area contributed by atoms with Crippen LogP contribution in [0.15, 0.2) is 30.3 Å². The Balaban J connectivity index is 1.53. The molecule has 0 radical (unpaired) electrons. The minimum absolute atomic E-state index is 0.355. The van der Waals surface area contributed by atoms with Crippen LogP contribution in [0.4, 0.5) is 0 Å². The van der Waals surface area contributed by atoms with E-state index in [9.17, 15) is 5.11 Å². The van der Waals surface area contributed by atoms with Gasteiger partial charge in [-0.05, 0) is 50.9 Å². The van der Waals surface area contributed by atoms with Crippen LogP contribution in [0, 0.1) is 0 Å². The first-order valence-corrected chi connectivity index (χ1v) is 8.52. The van der Waals surface area contributed by atoms with Crippen LogP contribution in [0.25, 0.3) is 0 Å². The van der Waals surface area contributed by atoms with E-state index >= 15 is 0 Å². The Morgan fingerprint density at radius 1 is 1.00 bits per heavy atom. The summed E-state index contributed by atoms with van der Waals surface area (Å²) in [6, 6.07) is 10.8. The van der Waals surface area contributed by atoms with Gasteiger partial charge in [0.1, 0.15) is 0 Å². The molecule has 1 aromatic rings. The maximum atomic E-state index is 10.4. The van der Waals surface area contributed by atoms with Crippen LogP contribution in [0.3, 0.4) is 0 Å². The smallest absolute Gasteiger partial charge is 0.0916 e. The number of β-amino-alcohol motifs (C(OH)–C–C–N with tert-alkyl or cyclic N) is 1. The largest absolute Gasteiger partial charge is 0.387 e. The first-order valence-electron chi connectivity index (χ1n) is 8.52. The lowest BCUT2D eigenvalue weighted by molar-refractivity contribution is 0.0500. The fraction of sp³-hybridized carbons (Fsp3) is 0.667. The Kier molecular flexibility index (Phi) is 5.28. The molecule has 0 unspecified atom stereocenters. The van der Waals surface area contributed by atoms with Crippen molar-refractivity contribution >= 4 is 0 Å². The van der Waals surface area contributed by atoms with E-state index in [0.717, 1.165) is 25.2 Å². The zero-order chi connectivity index (χ0) is 14.5.